The molecule has 1 heterocycles. The summed E-state index contributed by atoms with van der Waals surface area (Å²) in [6.45, 7) is 4.49. The van der Waals surface area contributed by atoms with Crippen LogP contribution < -0.4 is 10.6 Å². The molecule has 7 heteroatoms. The summed E-state index contributed by atoms with van der Waals surface area (Å²) in [7, 11) is 0. The van der Waals surface area contributed by atoms with E-state index in [4.69, 9.17) is 4.52 Å². The van der Waals surface area contributed by atoms with Gasteiger partial charge in [0.15, 0.2) is 5.82 Å². The standard InChI is InChI=1S/C17H22N4O2.ClH/c1-2-9-18-10-11-19-16(22)13-5-7-14(8-6-13)17-20-15(21-23-17)12-3-4-12;/h5-8,12,18H,2-4,9-11H2,1H3,(H,19,22);1H. The first-order valence-electron chi connectivity index (χ1n) is 8.21. The van der Waals surface area contributed by atoms with Crippen molar-refractivity contribution in [2.75, 3.05) is 19.6 Å². The second-order valence-electron chi connectivity index (χ2n) is 5.82. The molecule has 1 amide bonds. The first-order valence-corrected chi connectivity index (χ1v) is 8.21. The Bertz CT molecular complexity index is 653. The van der Waals surface area contributed by atoms with E-state index in [2.05, 4.69) is 27.7 Å². The summed E-state index contributed by atoms with van der Waals surface area (Å²) >= 11 is 0. The maximum atomic E-state index is 12.0. The fraction of sp³-hybridized carbons (Fsp3) is 0.471. The number of aromatic nitrogens is 2. The molecular formula is C17H23ClN4O2. The number of nitrogens with one attached hydrogen (secondary N) is 2. The second kappa shape index (κ2) is 8.80. The van der Waals surface area contributed by atoms with Gasteiger partial charge in [0.25, 0.3) is 11.8 Å². The lowest BCUT2D eigenvalue weighted by Gasteiger charge is -2.06. The fourth-order valence-corrected chi connectivity index (χ4v) is 2.29. The normalized spacial score (nSPS) is 13.4. The van der Waals surface area contributed by atoms with Crippen LogP contribution in [0, 0.1) is 0 Å². The smallest absolute Gasteiger partial charge is 0.257 e. The van der Waals surface area contributed by atoms with Crippen molar-refractivity contribution in [1.29, 1.82) is 0 Å². The second-order valence-corrected chi connectivity index (χ2v) is 5.82. The third-order valence-electron chi connectivity index (χ3n) is 3.79. The predicted molar refractivity (Wildman–Crippen MR) is 94.5 cm³/mol. The maximum Gasteiger partial charge on any atom is 0.257 e. The van der Waals surface area contributed by atoms with Crippen LogP contribution in [0.25, 0.3) is 11.5 Å². The van der Waals surface area contributed by atoms with Gasteiger partial charge in [-0.25, -0.2) is 0 Å². The van der Waals surface area contributed by atoms with E-state index in [0.29, 0.717) is 23.9 Å². The molecule has 24 heavy (non-hydrogen) atoms. The number of hydrogen-bond donors (Lipinski definition) is 2. The molecule has 0 bridgehead atoms. The molecule has 1 saturated carbocycles. The molecule has 6 nitrogen and oxygen atoms in total. The lowest BCUT2D eigenvalue weighted by atomic mass is 10.1. The van der Waals surface area contributed by atoms with Gasteiger partial charge in [0, 0.05) is 30.1 Å². The lowest BCUT2D eigenvalue weighted by Crippen LogP contribution is -2.32. The van der Waals surface area contributed by atoms with Gasteiger partial charge < -0.3 is 15.2 Å². The number of rotatable bonds is 8. The third kappa shape index (κ3) is 4.79. The molecule has 1 aromatic heterocycles. The van der Waals surface area contributed by atoms with Gasteiger partial charge in [0.05, 0.1) is 0 Å². The number of halogens is 1. The molecule has 130 valence electrons. The molecule has 0 spiro atoms. The number of hydrogen-bond acceptors (Lipinski definition) is 5. The zero-order chi connectivity index (χ0) is 16.1. The van der Waals surface area contributed by atoms with E-state index < -0.39 is 0 Å². The largest absolute Gasteiger partial charge is 0.351 e. The van der Waals surface area contributed by atoms with Crippen molar-refractivity contribution >= 4 is 18.3 Å². The molecule has 1 fully saturated rings. The molecule has 0 saturated heterocycles. The van der Waals surface area contributed by atoms with Gasteiger partial charge in [-0.2, -0.15) is 4.98 Å². The van der Waals surface area contributed by atoms with Crippen molar-refractivity contribution in [3.63, 3.8) is 0 Å². The monoisotopic (exact) mass is 350 g/mol. The van der Waals surface area contributed by atoms with Gasteiger partial charge in [-0.15, -0.1) is 12.4 Å². The van der Waals surface area contributed by atoms with E-state index in [9.17, 15) is 4.79 Å². The predicted octanol–water partition coefficient (Wildman–Crippen LogP) is 2.77. The Hall–Kier alpha value is -1.92. The van der Waals surface area contributed by atoms with Crippen molar-refractivity contribution in [2.45, 2.75) is 32.1 Å². The minimum Gasteiger partial charge on any atom is -0.351 e. The first kappa shape index (κ1) is 18.4. The number of benzene rings is 1. The van der Waals surface area contributed by atoms with E-state index in [1.807, 2.05) is 12.1 Å². The highest BCUT2D eigenvalue weighted by atomic mass is 35.5. The van der Waals surface area contributed by atoms with E-state index in [1.165, 1.54) is 0 Å². The quantitative estimate of drug-likeness (QED) is 0.715. The molecule has 1 aromatic carbocycles. The van der Waals surface area contributed by atoms with Crippen LogP contribution in [0.5, 0.6) is 0 Å². The van der Waals surface area contributed by atoms with Gasteiger partial charge in [0.2, 0.25) is 0 Å². The van der Waals surface area contributed by atoms with Gasteiger partial charge in [-0.05, 0) is 50.1 Å². The maximum absolute atomic E-state index is 12.0. The molecule has 2 aromatic rings. The Labute approximate surface area is 147 Å². The highest BCUT2D eigenvalue weighted by Gasteiger charge is 2.28. The lowest BCUT2D eigenvalue weighted by molar-refractivity contribution is 0.0954. The molecular weight excluding hydrogens is 328 g/mol. The van der Waals surface area contributed by atoms with Crippen LogP contribution in [-0.2, 0) is 0 Å². The summed E-state index contributed by atoms with van der Waals surface area (Å²) in [6.07, 6.45) is 3.38. The zero-order valence-corrected chi connectivity index (χ0v) is 14.6. The van der Waals surface area contributed by atoms with Crippen molar-refractivity contribution < 1.29 is 9.32 Å². The van der Waals surface area contributed by atoms with Gasteiger partial charge >= 0.3 is 0 Å². The van der Waals surface area contributed by atoms with Crippen LogP contribution in [0.15, 0.2) is 28.8 Å². The summed E-state index contributed by atoms with van der Waals surface area (Å²) in [4.78, 5) is 16.4. The van der Waals surface area contributed by atoms with Crippen molar-refractivity contribution in [3.8, 4) is 11.5 Å². The molecule has 0 unspecified atom stereocenters. The van der Waals surface area contributed by atoms with E-state index in [-0.39, 0.29) is 18.3 Å². The fourth-order valence-electron chi connectivity index (χ4n) is 2.29. The van der Waals surface area contributed by atoms with Gasteiger partial charge in [-0.1, -0.05) is 12.1 Å². The molecule has 0 radical (unpaired) electrons. The number of carbonyl (C=O) groups excluding carboxylic acids is 1. The SMILES string of the molecule is CCCNCCNC(=O)c1ccc(-c2nc(C3CC3)no2)cc1.Cl. The molecule has 0 aliphatic heterocycles. The van der Waals surface area contributed by atoms with E-state index >= 15 is 0 Å². The van der Waals surface area contributed by atoms with Crippen molar-refractivity contribution in [3.05, 3.63) is 35.7 Å². The minimum atomic E-state index is -0.0703. The van der Waals surface area contributed by atoms with Crippen LogP contribution >= 0.6 is 12.4 Å². The average molecular weight is 351 g/mol. The zero-order valence-electron chi connectivity index (χ0n) is 13.7. The van der Waals surface area contributed by atoms with Crippen LogP contribution in [0.3, 0.4) is 0 Å². The summed E-state index contributed by atoms with van der Waals surface area (Å²) in [5.74, 6) is 1.71. The molecule has 2 N–H and O–H groups in total. The van der Waals surface area contributed by atoms with Gasteiger partial charge in [0.1, 0.15) is 0 Å². The molecule has 1 aliphatic rings. The topological polar surface area (TPSA) is 80.0 Å². The number of carbonyl (C=O) groups is 1. The summed E-state index contributed by atoms with van der Waals surface area (Å²) in [5.41, 5.74) is 1.47. The van der Waals surface area contributed by atoms with Gasteiger partial charge in [-0.3, -0.25) is 4.79 Å². The highest BCUT2D eigenvalue weighted by Crippen LogP contribution is 2.38. The number of nitrogens with zero attached hydrogens (tertiary/aromatic N) is 2. The van der Waals surface area contributed by atoms with Crippen LogP contribution in [0.1, 0.15) is 48.3 Å². The Morgan fingerprint density at radius 1 is 1.21 bits per heavy atom. The number of amides is 1. The average Bonchev–Trinajstić information content (AvgIpc) is 3.32. The molecule has 0 atom stereocenters. The minimum absolute atomic E-state index is 0. The summed E-state index contributed by atoms with van der Waals surface area (Å²) in [5, 5.41) is 10.1. The third-order valence-corrected chi connectivity index (χ3v) is 3.79. The summed E-state index contributed by atoms with van der Waals surface area (Å²) < 4.78 is 5.28. The Morgan fingerprint density at radius 2 is 1.96 bits per heavy atom. The van der Waals surface area contributed by atoms with Crippen LogP contribution in [0.2, 0.25) is 0 Å². The van der Waals surface area contributed by atoms with Crippen LogP contribution in [-0.4, -0.2) is 35.7 Å². The van der Waals surface area contributed by atoms with Crippen LogP contribution in [0.4, 0.5) is 0 Å². The summed E-state index contributed by atoms with van der Waals surface area (Å²) in [6, 6.07) is 7.25. The van der Waals surface area contributed by atoms with E-state index in [1.54, 1.807) is 12.1 Å². The van der Waals surface area contributed by atoms with Crippen molar-refractivity contribution in [2.24, 2.45) is 0 Å². The molecule has 1 aliphatic carbocycles. The Morgan fingerprint density at radius 3 is 2.62 bits per heavy atom. The van der Waals surface area contributed by atoms with Crippen molar-refractivity contribution in [1.82, 2.24) is 20.8 Å². The highest BCUT2D eigenvalue weighted by molar-refractivity contribution is 5.94. The Balaban J connectivity index is 0.00000208. The molecule has 3 rings (SSSR count). The van der Waals surface area contributed by atoms with E-state index in [0.717, 1.165) is 43.7 Å². The first-order chi connectivity index (χ1) is 11.3. The Kier molecular flexibility index (Phi) is 6.75.